The molecule has 1 atom stereocenters. The summed E-state index contributed by atoms with van der Waals surface area (Å²) in [5.74, 6) is -1.15. The van der Waals surface area contributed by atoms with Crippen molar-refractivity contribution in [3.8, 4) is 0 Å². The molecule has 1 rings (SSSR count). The van der Waals surface area contributed by atoms with Gasteiger partial charge in [0, 0.05) is 30.5 Å². The quantitative estimate of drug-likeness (QED) is 0.634. The molecule has 9 heteroatoms. The Balaban J connectivity index is 2.93. The average Bonchev–Trinajstić information content (AvgIpc) is 2.46. The average molecular weight is 369 g/mol. The third-order valence-electron chi connectivity index (χ3n) is 2.99. The number of sulfone groups is 1. The zero-order valence-corrected chi connectivity index (χ0v) is 14.1. The molecule has 124 valence electrons. The van der Waals surface area contributed by atoms with Crippen LogP contribution in [0.15, 0.2) is 29.2 Å². The molecule has 0 fully saturated rings. The number of alkyl halides is 2. The highest BCUT2D eigenvalue weighted by Gasteiger charge is 2.23. The van der Waals surface area contributed by atoms with Gasteiger partial charge in [-0.25, -0.2) is 8.42 Å². The largest absolute Gasteiger partial charge is 0.480 e. The smallest absolute Gasteiger partial charge is 0.321 e. The summed E-state index contributed by atoms with van der Waals surface area (Å²) in [5, 5.41) is 8.71. The third-order valence-corrected chi connectivity index (χ3v) is 5.11. The fourth-order valence-corrected chi connectivity index (χ4v) is 3.61. The molecule has 0 aliphatic rings. The van der Waals surface area contributed by atoms with Gasteiger partial charge >= 0.3 is 5.97 Å². The van der Waals surface area contributed by atoms with Crippen LogP contribution in [0.4, 0.5) is 5.69 Å². The van der Waals surface area contributed by atoms with Crippen molar-refractivity contribution in [1.29, 1.82) is 0 Å². The van der Waals surface area contributed by atoms with Crippen LogP contribution in [0.3, 0.4) is 0 Å². The first-order valence-electron chi connectivity index (χ1n) is 6.50. The molecule has 6 nitrogen and oxygen atoms in total. The number of nitrogens with two attached hydrogens (primary N) is 1. The van der Waals surface area contributed by atoms with Gasteiger partial charge in [0.2, 0.25) is 0 Å². The number of aliphatic carboxylic acids is 1. The van der Waals surface area contributed by atoms with E-state index in [0.717, 1.165) is 5.69 Å². The summed E-state index contributed by atoms with van der Waals surface area (Å²) in [7, 11) is -3.75. The van der Waals surface area contributed by atoms with E-state index in [1.165, 1.54) is 12.1 Å². The first-order valence-corrected chi connectivity index (χ1v) is 9.22. The van der Waals surface area contributed by atoms with Crippen LogP contribution in [0.2, 0.25) is 0 Å². The van der Waals surface area contributed by atoms with Crippen molar-refractivity contribution in [3.63, 3.8) is 0 Å². The van der Waals surface area contributed by atoms with Crippen molar-refractivity contribution in [2.75, 3.05) is 35.5 Å². The normalized spacial score (nSPS) is 12.9. The third kappa shape index (κ3) is 5.31. The van der Waals surface area contributed by atoms with E-state index >= 15 is 0 Å². The SMILES string of the molecule is NC(CS(=O)(=O)c1ccc(N(CCCl)CCCl)cc1)C(=O)O. The minimum Gasteiger partial charge on any atom is -0.480 e. The first kappa shape index (κ1) is 19.0. The number of carboxylic acids is 1. The summed E-state index contributed by atoms with van der Waals surface area (Å²) in [4.78, 5) is 12.6. The van der Waals surface area contributed by atoms with Gasteiger partial charge in [0.05, 0.1) is 10.6 Å². The lowest BCUT2D eigenvalue weighted by Gasteiger charge is -2.23. The van der Waals surface area contributed by atoms with Crippen molar-refractivity contribution in [3.05, 3.63) is 24.3 Å². The van der Waals surface area contributed by atoms with E-state index in [2.05, 4.69) is 0 Å². The van der Waals surface area contributed by atoms with Crippen molar-refractivity contribution in [2.24, 2.45) is 5.73 Å². The van der Waals surface area contributed by atoms with Crippen LogP contribution in [-0.2, 0) is 14.6 Å². The summed E-state index contributed by atoms with van der Waals surface area (Å²) in [6, 6.07) is 4.67. The van der Waals surface area contributed by atoms with Crippen molar-refractivity contribution in [1.82, 2.24) is 0 Å². The van der Waals surface area contributed by atoms with Crippen LogP contribution >= 0.6 is 23.2 Å². The Morgan fingerprint density at radius 2 is 1.68 bits per heavy atom. The number of anilines is 1. The van der Waals surface area contributed by atoms with E-state index in [1.807, 2.05) is 4.90 Å². The van der Waals surface area contributed by atoms with Crippen LogP contribution in [-0.4, -0.2) is 56.1 Å². The molecule has 1 unspecified atom stereocenters. The molecular formula is C13H18Cl2N2O4S. The van der Waals surface area contributed by atoms with Gasteiger partial charge in [-0.2, -0.15) is 0 Å². The summed E-state index contributed by atoms with van der Waals surface area (Å²) in [5.41, 5.74) is 6.08. The first-order chi connectivity index (χ1) is 10.3. The molecular weight excluding hydrogens is 351 g/mol. The number of nitrogens with zero attached hydrogens (tertiary/aromatic N) is 1. The molecule has 0 radical (unpaired) electrons. The predicted octanol–water partition coefficient (Wildman–Crippen LogP) is 1.16. The molecule has 0 aliphatic heterocycles. The molecule has 0 heterocycles. The summed E-state index contributed by atoms with van der Waals surface area (Å²) >= 11 is 11.4. The molecule has 1 aromatic carbocycles. The van der Waals surface area contributed by atoms with E-state index in [9.17, 15) is 13.2 Å². The Kier molecular flexibility index (Phi) is 7.41. The molecule has 22 heavy (non-hydrogen) atoms. The van der Waals surface area contributed by atoms with Crippen molar-refractivity contribution >= 4 is 44.7 Å². The number of carbonyl (C=O) groups is 1. The lowest BCUT2D eigenvalue weighted by atomic mass is 10.3. The standard InChI is InChI=1S/C13H18Cl2N2O4S/c14-5-7-17(8-6-15)10-1-3-11(4-2-10)22(20,21)9-12(16)13(18)19/h1-4,12H,5-9,16H2,(H,18,19). The summed E-state index contributed by atoms with van der Waals surface area (Å²) in [6.45, 7) is 1.18. The zero-order valence-electron chi connectivity index (χ0n) is 11.8. The monoisotopic (exact) mass is 368 g/mol. The maximum absolute atomic E-state index is 12.1. The Hall–Kier alpha value is -1.02. The van der Waals surface area contributed by atoms with Crippen molar-refractivity contribution < 1.29 is 18.3 Å². The van der Waals surface area contributed by atoms with Gasteiger partial charge in [-0.3, -0.25) is 4.79 Å². The van der Waals surface area contributed by atoms with Crippen LogP contribution < -0.4 is 10.6 Å². The van der Waals surface area contributed by atoms with E-state index < -0.39 is 27.6 Å². The van der Waals surface area contributed by atoms with Crippen LogP contribution in [0.1, 0.15) is 0 Å². The second-order valence-corrected chi connectivity index (χ2v) is 7.38. The second kappa shape index (κ2) is 8.57. The number of hydrogen-bond acceptors (Lipinski definition) is 5. The Bertz CT molecular complexity index is 587. The molecule has 0 aliphatic carbocycles. The highest BCUT2D eigenvalue weighted by atomic mass is 35.5. The Morgan fingerprint density at radius 3 is 2.09 bits per heavy atom. The second-order valence-electron chi connectivity index (χ2n) is 4.59. The summed E-state index contributed by atoms with van der Waals surface area (Å²) in [6.07, 6.45) is 0. The van der Waals surface area contributed by atoms with Gasteiger partial charge in [0.15, 0.2) is 9.84 Å². The van der Waals surface area contributed by atoms with Gasteiger partial charge in [-0.1, -0.05) is 0 Å². The number of hydrogen-bond donors (Lipinski definition) is 2. The Labute approximate surface area is 139 Å². The molecule has 0 amide bonds. The minimum absolute atomic E-state index is 0.0321. The van der Waals surface area contributed by atoms with E-state index in [-0.39, 0.29) is 4.90 Å². The van der Waals surface area contributed by atoms with Crippen molar-refractivity contribution in [2.45, 2.75) is 10.9 Å². The van der Waals surface area contributed by atoms with Gasteiger partial charge in [-0.05, 0) is 24.3 Å². The zero-order chi connectivity index (χ0) is 16.8. The topological polar surface area (TPSA) is 101 Å². The molecule has 0 aromatic heterocycles. The number of halogens is 2. The molecule has 0 saturated heterocycles. The van der Waals surface area contributed by atoms with Gasteiger partial charge in [-0.15, -0.1) is 23.2 Å². The highest BCUT2D eigenvalue weighted by Crippen LogP contribution is 2.19. The predicted molar refractivity (Wildman–Crippen MR) is 87.8 cm³/mol. The van der Waals surface area contributed by atoms with Crippen LogP contribution in [0, 0.1) is 0 Å². The molecule has 1 aromatic rings. The lowest BCUT2D eigenvalue weighted by molar-refractivity contribution is -0.137. The molecule has 0 spiro atoms. The van der Waals surface area contributed by atoms with E-state index in [0.29, 0.717) is 24.8 Å². The number of rotatable bonds is 9. The van der Waals surface area contributed by atoms with Crippen LogP contribution in [0.5, 0.6) is 0 Å². The fraction of sp³-hybridized carbons (Fsp3) is 0.462. The van der Waals surface area contributed by atoms with Gasteiger partial charge in [0.1, 0.15) is 6.04 Å². The summed E-state index contributed by atoms with van der Waals surface area (Å²) < 4.78 is 24.2. The van der Waals surface area contributed by atoms with E-state index in [4.69, 9.17) is 34.0 Å². The van der Waals surface area contributed by atoms with E-state index in [1.54, 1.807) is 12.1 Å². The molecule has 0 saturated carbocycles. The highest BCUT2D eigenvalue weighted by molar-refractivity contribution is 7.91. The fourth-order valence-electron chi connectivity index (χ4n) is 1.84. The maximum Gasteiger partial charge on any atom is 0.321 e. The lowest BCUT2D eigenvalue weighted by Crippen LogP contribution is -2.37. The number of benzene rings is 1. The van der Waals surface area contributed by atoms with Gasteiger partial charge < -0.3 is 15.7 Å². The molecule has 3 N–H and O–H groups in total. The Morgan fingerprint density at radius 1 is 1.18 bits per heavy atom. The minimum atomic E-state index is -3.75. The van der Waals surface area contributed by atoms with Gasteiger partial charge in [0.25, 0.3) is 0 Å². The van der Waals surface area contributed by atoms with Crippen LogP contribution in [0.25, 0.3) is 0 Å². The maximum atomic E-state index is 12.1. The number of carboxylic acid groups (broad SMARTS) is 1. The molecule has 0 bridgehead atoms.